The first-order valence-corrected chi connectivity index (χ1v) is 8.28. The van der Waals surface area contributed by atoms with E-state index in [1.807, 2.05) is 0 Å². The van der Waals surface area contributed by atoms with Crippen LogP contribution in [0.3, 0.4) is 0 Å². The first-order valence-electron chi connectivity index (χ1n) is 3.63. The molecule has 0 heterocycles. The number of halogens is 1. The molecule has 0 aliphatic heterocycles. The molecule has 0 spiro atoms. The summed E-state index contributed by atoms with van der Waals surface area (Å²) >= 11 is 2.06. The van der Waals surface area contributed by atoms with Crippen LogP contribution in [0.5, 0.6) is 0 Å². The number of alkyl halides is 1. The first kappa shape index (κ1) is 12.6. The van der Waals surface area contributed by atoms with Crippen molar-refractivity contribution < 1.29 is 26.4 Å². The third-order valence-corrected chi connectivity index (χ3v) is 11.0. The molecule has 5 heteroatoms. The molecule has 0 radical (unpaired) electrons. The summed E-state index contributed by atoms with van der Waals surface area (Å²) in [6.45, 7) is 3.63. The van der Waals surface area contributed by atoms with E-state index >= 15 is 0 Å². The fraction of sp³-hybridized carbons (Fsp3) is 0.714. The minimum atomic E-state index is -3.76. The molecule has 0 aromatic carbocycles. The molecule has 0 saturated carbocycles. The zero-order valence-corrected chi connectivity index (χ0v) is 10.1. The van der Waals surface area contributed by atoms with Crippen molar-refractivity contribution in [3.05, 3.63) is 12.7 Å². The SMILES string of the molecule is C=C[CH2][Ti]([CH2]Cl)([O]C)([O]C)[O]C. The van der Waals surface area contributed by atoms with E-state index in [1.165, 1.54) is 0 Å². The van der Waals surface area contributed by atoms with Crippen molar-refractivity contribution in [2.45, 2.75) is 4.73 Å². The Morgan fingerprint density at radius 3 is 1.75 bits per heavy atom. The fourth-order valence-corrected chi connectivity index (χ4v) is 5.91. The zero-order valence-electron chi connectivity index (χ0n) is 7.80. The second-order valence-electron chi connectivity index (χ2n) is 2.60. The average molecular weight is 232 g/mol. The normalized spacial score (nSPS) is 15.2. The molecule has 0 fully saturated rings. The van der Waals surface area contributed by atoms with Crippen LogP contribution in [0, 0.1) is 0 Å². The molecule has 0 aliphatic carbocycles. The van der Waals surface area contributed by atoms with Crippen LogP contribution in [0.1, 0.15) is 0 Å². The predicted molar refractivity (Wildman–Crippen MR) is 46.8 cm³/mol. The quantitative estimate of drug-likeness (QED) is 0.398. The van der Waals surface area contributed by atoms with Gasteiger partial charge in [-0.15, -0.1) is 0 Å². The van der Waals surface area contributed by atoms with Crippen molar-refractivity contribution in [1.82, 2.24) is 0 Å². The maximum absolute atomic E-state index is 5.82. The molecule has 12 heavy (non-hydrogen) atoms. The Morgan fingerprint density at radius 2 is 1.67 bits per heavy atom. The maximum atomic E-state index is 5.82. The fourth-order valence-electron chi connectivity index (χ4n) is 0.997. The molecule has 0 atom stereocenters. The van der Waals surface area contributed by atoms with Crippen molar-refractivity contribution >= 4 is 11.6 Å². The van der Waals surface area contributed by atoms with Gasteiger partial charge in [0, 0.05) is 0 Å². The van der Waals surface area contributed by atoms with Gasteiger partial charge in [-0.25, -0.2) is 0 Å². The Bertz CT molecular complexity index is 135. The van der Waals surface area contributed by atoms with Crippen molar-refractivity contribution in [3.63, 3.8) is 0 Å². The monoisotopic (exact) mass is 231 g/mol. The summed E-state index contributed by atoms with van der Waals surface area (Å²) in [7, 11) is 4.70. The molecule has 0 bridgehead atoms. The van der Waals surface area contributed by atoms with Gasteiger partial charge in [-0.1, -0.05) is 0 Å². The van der Waals surface area contributed by atoms with Crippen molar-refractivity contribution in [2.75, 3.05) is 25.5 Å². The summed E-state index contributed by atoms with van der Waals surface area (Å²) in [5, 5.41) is 0. The van der Waals surface area contributed by atoms with Crippen LogP contribution in [0.4, 0.5) is 0 Å². The van der Waals surface area contributed by atoms with E-state index in [1.54, 1.807) is 27.4 Å². The first-order chi connectivity index (χ1) is 5.62. The van der Waals surface area contributed by atoms with E-state index in [0.717, 1.165) is 0 Å². The number of allylic oxidation sites excluding steroid dienone is 1. The molecule has 0 aliphatic rings. The minimum absolute atomic E-state index is 0.271. The third-order valence-electron chi connectivity index (χ3n) is 2.16. The molecular formula is C7H16ClO3Ti. The van der Waals surface area contributed by atoms with Gasteiger partial charge >= 0.3 is 80.9 Å². The molecule has 0 unspecified atom stereocenters. The molecule has 73 valence electrons. The third kappa shape index (κ3) is 2.10. The predicted octanol–water partition coefficient (Wildman–Crippen LogP) is 2.16. The topological polar surface area (TPSA) is 27.7 Å². The van der Waals surface area contributed by atoms with Gasteiger partial charge in [0.25, 0.3) is 0 Å². The molecule has 0 saturated heterocycles. The molecular weight excluding hydrogens is 215 g/mol. The van der Waals surface area contributed by atoms with Gasteiger partial charge in [0.1, 0.15) is 0 Å². The van der Waals surface area contributed by atoms with E-state index in [4.69, 9.17) is 21.6 Å². The summed E-state index contributed by atoms with van der Waals surface area (Å²) < 4.78 is 16.9. The number of rotatable bonds is 6. The second kappa shape index (κ2) is 4.75. The van der Waals surface area contributed by atoms with Gasteiger partial charge in [0.15, 0.2) is 0 Å². The summed E-state index contributed by atoms with van der Waals surface area (Å²) in [4.78, 5) is 0. The van der Waals surface area contributed by atoms with E-state index in [0.29, 0.717) is 4.73 Å². The summed E-state index contributed by atoms with van der Waals surface area (Å²) in [6.07, 6.45) is 1.72. The van der Waals surface area contributed by atoms with Gasteiger partial charge in [0.05, 0.1) is 0 Å². The molecule has 3 nitrogen and oxygen atoms in total. The Kier molecular flexibility index (Phi) is 4.99. The Labute approximate surface area is 80.9 Å². The average Bonchev–Trinajstić information content (AvgIpc) is 2.16. The van der Waals surface area contributed by atoms with Crippen LogP contribution in [-0.2, 0) is 26.4 Å². The van der Waals surface area contributed by atoms with E-state index in [-0.39, 0.29) is 4.18 Å². The van der Waals surface area contributed by atoms with Crippen LogP contribution in [0.25, 0.3) is 0 Å². The van der Waals surface area contributed by atoms with Crippen molar-refractivity contribution in [1.29, 1.82) is 0 Å². The van der Waals surface area contributed by atoms with Crippen molar-refractivity contribution in [2.24, 2.45) is 0 Å². The van der Waals surface area contributed by atoms with Crippen molar-refractivity contribution in [3.8, 4) is 0 Å². The molecule has 0 amide bonds. The number of hydrogen-bond donors (Lipinski definition) is 0. The summed E-state index contributed by atoms with van der Waals surface area (Å²) in [5.74, 6) is 0. The van der Waals surface area contributed by atoms with Gasteiger partial charge in [0.2, 0.25) is 0 Å². The Morgan fingerprint density at radius 1 is 1.25 bits per heavy atom. The van der Waals surface area contributed by atoms with Crippen LogP contribution in [-0.4, -0.2) is 25.5 Å². The second-order valence-corrected chi connectivity index (χ2v) is 10.9. The van der Waals surface area contributed by atoms with Crippen LogP contribution < -0.4 is 0 Å². The molecule has 0 aromatic heterocycles. The summed E-state index contributed by atoms with van der Waals surface area (Å²) in [6, 6.07) is 0. The van der Waals surface area contributed by atoms with E-state index in [9.17, 15) is 0 Å². The number of hydrogen-bond acceptors (Lipinski definition) is 3. The van der Waals surface area contributed by atoms with Gasteiger partial charge in [-0.05, 0) is 0 Å². The van der Waals surface area contributed by atoms with Crippen LogP contribution in [0.2, 0.25) is 4.73 Å². The molecule has 0 N–H and O–H groups in total. The molecule has 0 aromatic rings. The molecule has 0 rings (SSSR count). The van der Waals surface area contributed by atoms with Gasteiger partial charge in [-0.3, -0.25) is 0 Å². The van der Waals surface area contributed by atoms with Crippen LogP contribution in [0.15, 0.2) is 12.7 Å². The van der Waals surface area contributed by atoms with E-state index < -0.39 is 16.5 Å². The summed E-state index contributed by atoms with van der Waals surface area (Å²) in [5.41, 5.74) is 0. The Hall–Kier alpha value is 0.624. The Balaban J connectivity index is 4.82. The zero-order chi connectivity index (χ0) is 9.69. The van der Waals surface area contributed by atoms with E-state index in [2.05, 4.69) is 6.58 Å². The standard InChI is InChI=1S/C3H5.CH2Cl.3CH3O.Ti/c1-3-2;4*1-2;/h3H,1-2H2;1H2;3*1H3;/q;;3*-1;+3. The van der Waals surface area contributed by atoms with Gasteiger partial charge in [-0.2, -0.15) is 0 Å². The van der Waals surface area contributed by atoms with Crippen LogP contribution >= 0.6 is 11.6 Å². The van der Waals surface area contributed by atoms with Gasteiger partial charge < -0.3 is 0 Å².